The number of hydrogen-bond donors (Lipinski definition) is 2. The topological polar surface area (TPSA) is 79.9 Å². The molecule has 28 heavy (non-hydrogen) atoms. The normalized spacial score (nSPS) is 16.0. The van der Waals surface area contributed by atoms with Crippen LogP contribution in [0.1, 0.15) is 17.5 Å². The van der Waals surface area contributed by atoms with Crippen molar-refractivity contribution in [3.63, 3.8) is 0 Å². The van der Waals surface area contributed by atoms with Crippen molar-refractivity contribution in [3.05, 3.63) is 53.6 Å². The lowest BCUT2D eigenvalue weighted by Gasteiger charge is -2.19. The molecule has 1 saturated heterocycles. The van der Waals surface area contributed by atoms with Gasteiger partial charge < -0.3 is 25.0 Å². The summed E-state index contributed by atoms with van der Waals surface area (Å²) in [5.41, 5.74) is 2.91. The summed E-state index contributed by atoms with van der Waals surface area (Å²) < 4.78 is 10.5. The maximum absolute atomic E-state index is 12.4. The molecule has 148 valence electrons. The highest BCUT2D eigenvalue weighted by Crippen LogP contribution is 2.33. The number of amides is 3. The largest absolute Gasteiger partial charge is 0.493 e. The van der Waals surface area contributed by atoms with Crippen molar-refractivity contribution < 1.29 is 19.1 Å². The molecule has 0 saturated carbocycles. The van der Waals surface area contributed by atoms with Gasteiger partial charge in [-0.1, -0.05) is 29.8 Å². The minimum absolute atomic E-state index is 0.0453. The Morgan fingerprint density at radius 1 is 1.11 bits per heavy atom. The van der Waals surface area contributed by atoms with Crippen molar-refractivity contribution >= 4 is 17.6 Å². The van der Waals surface area contributed by atoms with E-state index in [2.05, 4.69) is 10.6 Å². The number of nitrogens with one attached hydrogen (secondary N) is 2. The Hall–Kier alpha value is -3.22. The van der Waals surface area contributed by atoms with Crippen LogP contribution in [0.4, 0.5) is 10.5 Å². The number of aryl methyl sites for hydroxylation is 1. The summed E-state index contributed by atoms with van der Waals surface area (Å²) in [7, 11) is 3.11. The Labute approximate surface area is 164 Å². The zero-order valence-electron chi connectivity index (χ0n) is 16.3. The van der Waals surface area contributed by atoms with Crippen LogP contribution in [-0.2, 0) is 11.3 Å². The van der Waals surface area contributed by atoms with Crippen LogP contribution in [-0.4, -0.2) is 38.7 Å². The third kappa shape index (κ3) is 4.54. The SMILES string of the molecule is COc1ccc(N2C[C@@H](NC(=O)NCc3ccc(C)cc3)CC2=O)cc1OC. The number of methoxy groups -OCH3 is 2. The minimum Gasteiger partial charge on any atom is -0.493 e. The fourth-order valence-electron chi connectivity index (χ4n) is 3.17. The van der Waals surface area contributed by atoms with Crippen LogP contribution >= 0.6 is 0 Å². The second kappa shape index (κ2) is 8.65. The standard InChI is InChI=1S/C21H25N3O4/c1-14-4-6-15(7-5-14)12-22-21(26)23-16-10-20(25)24(13-16)17-8-9-18(27-2)19(11-17)28-3/h4-9,11,16H,10,12-13H2,1-3H3,(H2,22,23,26)/t16-/m0/s1. The van der Waals surface area contributed by atoms with Crippen molar-refractivity contribution in [1.82, 2.24) is 10.6 Å². The minimum atomic E-state index is -0.285. The average molecular weight is 383 g/mol. The van der Waals surface area contributed by atoms with Gasteiger partial charge in [-0.2, -0.15) is 0 Å². The highest BCUT2D eigenvalue weighted by Gasteiger charge is 2.32. The van der Waals surface area contributed by atoms with Gasteiger partial charge in [-0.3, -0.25) is 4.79 Å². The van der Waals surface area contributed by atoms with Crippen LogP contribution in [0, 0.1) is 6.92 Å². The molecule has 1 aliphatic heterocycles. The van der Waals surface area contributed by atoms with E-state index in [0.29, 0.717) is 30.3 Å². The van der Waals surface area contributed by atoms with E-state index in [0.717, 1.165) is 5.56 Å². The van der Waals surface area contributed by atoms with Crippen LogP contribution in [0.2, 0.25) is 0 Å². The van der Waals surface area contributed by atoms with Gasteiger partial charge in [0.25, 0.3) is 0 Å². The molecule has 1 heterocycles. The van der Waals surface area contributed by atoms with Crippen molar-refractivity contribution in [2.24, 2.45) is 0 Å². The molecule has 3 rings (SSSR count). The summed E-state index contributed by atoms with van der Waals surface area (Å²) in [6.07, 6.45) is 0.256. The Morgan fingerprint density at radius 3 is 2.50 bits per heavy atom. The molecule has 0 aromatic heterocycles. The number of hydrogen-bond acceptors (Lipinski definition) is 4. The second-order valence-corrected chi connectivity index (χ2v) is 6.76. The molecule has 7 heteroatoms. The summed E-state index contributed by atoms with van der Waals surface area (Å²) >= 11 is 0. The maximum Gasteiger partial charge on any atom is 0.315 e. The predicted octanol–water partition coefficient (Wildman–Crippen LogP) is 2.62. The van der Waals surface area contributed by atoms with E-state index < -0.39 is 0 Å². The van der Waals surface area contributed by atoms with E-state index in [4.69, 9.17) is 9.47 Å². The zero-order valence-corrected chi connectivity index (χ0v) is 16.3. The van der Waals surface area contributed by atoms with Crippen LogP contribution < -0.4 is 25.0 Å². The summed E-state index contributed by atoms with van der Waals surface area (Å²) in [5, 5.41) is 5.70. The van der Waals surface area contributed by atoms with Gasteiger partial charge in [0.15, 0.2) is 11.5 Å². The summed E-state index contributed by atoms with van der Waals surface area (Å²) in [4.78, 5) is 26.2. The molecule has 0 spiro atoms. The van der Waals surface area contributed by atoms with Gasteiger partial charge in [0, 0.05) is 31.3 Å². The number of anilines is 1. The van der Waals surface area contributed by atoms with Crippen molar-refractivity contribution in [3.8, 4) is 11.5 Å². The van der Waals surface area contributed by atoms with E-state index in [-0.39, 0.29) is 24.4 Å². The molecule has 7 nitrogen and oxygen atoms in total. The number of ether oxygens (including phenoxy) is 2. The number of carbonyl (C=O) groups excluding carboxylic acids is 2. The van der Waals surface area contributed by atoms with Gasteiger partial charge in [-0.25, -0.2) is 4.79 Å². The Morgan fingerprint density at radius 2 is 1.82 bits per heavy atom. The van der Waals surface area contributed by atoms with E-state index in [9.17, 15) is 9.59 Å². The summed E-state index contributed by atoms with van der Waals surface area (Å²) in [6, 6.07) is 12.8. The van der Waals surface area contributed by atoms with Gasteiger partial charge in [-0.15, -0.1) is 0 Å². The molecule has 1 atom stereocenters. The number of carbonyl (C=O) groups is 2. The second-order valence-electron chi connectivity index (χ2n) is 6.76. The third-order valence-electron chi connectivity index (χ3n) is 4.71. The van der Waals surface area contributed by atoms with Crippen molar-refractivity contribution in [1.29, 1.82) is 0 Å². The smallest absolute Gasteiger partial charge is 0.315 e. The van der Waals surface area contributed by atoms with Gasteiger partial charge >= 0.3 is 6.03 Å². The van der Waals surface area contributed by atoms with Crippen molar-refractivity contribution in [2.45, 2.75) is 25.9 Å². The first-order valence-electron chi connectivity index (χ1n) is 9.12. The van der Waals surface area contributed by atoms with E-state index in [1.165, 1.54) is 5.56 Å². The molecule has 0 unspecified atom stereocenters. The fourth-order valence-corrected chi connectivity index (χ4v) is 3.17. The van der Waals surface area contributed by atoms with Crippen LogP contribution in [0.3, 0.4) is 0 Å². The number of urea groups is 1. The molecule has 0 radical (unpaired) electrons. The van der Waals surface area contributed by atoms with Gasteiger partial charge in [0.05, 0.1) is 20.3 Å². The first kappa shape index (κ1) is 19.5. The highest BCUT2D eigenvalue weighted by molar-refractivity contribution is 5.97. The number of nitrogens with zero attached hydrogens (tertiary/aromatic N) is 1. The van der Waals surface area contributed by atoms with E-state index >= 15 is 0 Å². The van der Waals surface area contributed by atoms with Crippen molar-refractivity contribution in [2.75, 3.05) is 25.7 Å². The molecule has 3 amide bonds. The van der Waals surface area contributed by atoms with Crippen LogP contribution in [0.15, 0.2) is 42.5 Å². The summed E-state index contributed by atoms with van der Waals surface area (Å²) in [5.74, 6) is 1.11. The fraction of sp³-hybridized carbons (Fsp3) is 0.333. The Balaban J connectivity index is 1.56. The lowest BCUT2D eigenvalue weighted by Crippen LogP contribution is -2.43. The average Bonchev–Trinajstić information content (AvgIpc) is 3.06. The van der Waals surface area contributed by atoms with Crippen LogP contribution in [0.25, 0.3) is 0 Å². The quantitative estimate of drug-likeness (QED) is 0.804. The number of rotatable bonds is 6. The lowest BCUT2D eigenvalue weighted by molar-refractivity contribution is -0.117. The highest BCUT2D eigenvalue weighted by atomic mass is 16.5. The molecule has 0 aliphatic carbocycles. The lowest BCUT2D eigenvalue weighted by atomic mass is 10.1. The first-order valence-corrected chi connectivity index (χ1v) is 9.12. The Kier molecular flexibility index (Phi) is 6.03. The molecular formula is C21H25N3O4. The molecule has 1 aliphatic rings. The molecule has 0 bridgehead atoms. The molecule has 1 fully saturated rings. The summed E-state index contributed by atoms with van der Waals surface area (Å²) in [6.45, 7) is 2.86. The van der Waals surface area contributed by atoms with Gasteiger partial charge in [0.2, 0.25) is 5.91 Å². The van der Waals surface area contributed by atoms with Gasteiger partial charge in [-0.05, 0) is 24.6 Å². The Bertz CT molecular complexity index is 851. The third-order valence-corrected chi connectivity index (χ3v) is 4.71. The molecular weight excluding hydrogens is 358 g/mol. The maximum atomic E-state index is 12.4. The monoisotopic (exact) mass is 383 g/mol. The van der Waals surface area contributed by atoms with E-state index in [1.54, 1.807) is 37.3 Å². The zero-order chi connectivity index (χ0) is 20.1. The van der Waals surface area contributed by atoms with E-state index in [1.807, 2.05) is 31.2 Å². The molecule has 2 aromatic rings. The van der Waals surface area contributed by atoms with Gasteiger partial charge in [0.1, 0.15) is 0 Å². The first-order chi connectivity index (χ1) is 13.5. The van der Waals surface area contributed by atoms with Crippen LogP contribution in [0.5, 0.6) is 11.5 Å². The predicted molar refractivity (Wildman–Crippen MR) is 107 cm³/mol. The molecule has 2 N–H and O–H groups in total. The molecule has 2 aromatic carbocycles. The number of benzene rings is 2.